The minimum absolute atomic E-state index is 0.561. The van der Waals surface area contributed by atoms with E-state index in [2.05, 4.69) is 16.9 Å². The fourth-order valence-corrected chi connectivity index (χ4v) is 2.55. The lowest BCUT2D eigenvalue weighted by Crippen LogP contribution is -1.97. The van der Waals surface area contributed by atoms with Gasteiger partial charge in [0.2, 0.25) is 0 Å². The SMILES string of the molecule is CCc1nc(-c2nccn2C)sc1CN. The molecule has 15 heavy (non-hydrogen) atoms. The Bertz CT molecular complexity index is 436. The maximum Gasteiger partial charge on any atom is 0.168 e. The highest BCUT2D eigenvalue weighted by molar-refractivity contribution is 7.15. The van der Waals surface area contributed by atoms with Crippen LogP contribution in [0.15, 0.2) is 12.4 Å². The van der Waals surface area contributed by atoms with Crippen molar-refractivity contribution < 1.29 is 0 Å². The van der Waals surface area contributed by atoms with Gasteiger partial charge in [0.1, 0.15) is 0 Å². The molecule has 0 aliphatic rings. The second-order valence-electron chi connectivity index (χ2n) is 3.31. The van der Waals surface area contributed by atoms with Gasteiger partial charge in [-0.2, -0.15) is 0 Å². The number of aromatic nitrogens is 3. The number of imidazole rings is 1. The maximum absolute atomic E-state index is 5.67. The smallest absolute Gasteiger partial charge is 0.168 e. The molecule has 0 saturated carbocycles. The average Bonchev–Trinajstić information content (AvgIpc) is 2.82. The van der Waals surface area contributed by atoms with Crippen LogP contribution in [0.1, 0.15) is 17.5 Å². The van der Waals surface area contributed by atoms with Crippen LogP contribution >= 0.6 is 11.3 Å². The summed E-state index contributed by atoms with van der Waals surface area (Å²) in [6.45, 7) is 2.65. The predicted octanol–water partition coefficient (Wildman–Crippen LogP) is 1.56. The Morgan fingerprint density at radius 2 is 2.33 bits per heavy atom. The molecular formula is C10H14N4S. The lowest BCUT2D eigenvalue weighted by atomic mass is 10.3. The molecule has 0 amide bonds. The highest BCUT2D eigenvalue weighted by Crippen LogP contribution is 2.26. The Hall–Kier alpha value is -1.20. The molecule has 5 heteroatoms. The summed E-state index contributed by atoms with van der Waals surface area (Å²) in [5.41, 5.74) is 6.77. The van der Waals surface area contributed by atoms with Crippen LogP contribution in [0.25, 0.3) is 10.8 Å². The summed E-state index contributed by atoms with van der Waals surface area (Å²) in [6.07, 6.45) is 4.63. The summed E-state index contributed by atoms with van der Waals surface area (Å²) in [5, 5.41) is 0.958. The third kappa shape index (κ3) is 1.80. The van der Waals surface area contributed by atoms with Crippen LogP contribution in [-0.4, -0.2) is 14.5 Å². The van der Waals surface area contributed by atoms with Crippen molar-refractivity contribution in [3.63, 3.8) is 0 Å². The molecule has 2 rings (SSSR count). The zero-order chi connectivity index (χ0) is 10.8. The first-order chi connectivity index (χ1) is 7.26. The second-order valence-corrected chi connectivity index (χ2v) is 4.39. The van der Waals surface area contributed by atoms with Crippen molar-refractivity contribution in [3.05, 3.63) is 23.0 Å². The van der Waals surface area contributed by atoms with Gasteiger partial charge in [-0.25, -0.2) is 9.97 Å². The highest BCUT2D eigenvalue weighted by atomic mass is 32.1. The normalized spacial score (nSPS) is 10.9. The minimum atomic E-state index is 0.561. The van der Waals surface area contributed by atoms with Gasteiger partial charge in [-0.3, -0.25) is 0 Å². The zero-order valence-electron chi connectivity index (χ0n) is 8.90. The largest absolute Gasteiger partial charge is 0.332 e. The topological polar surface area (TPSA) is 56.7 Å². The summed E-state index contributed by atoms with van der Waals surface area (Å²) in [7, 11) is 1.97. The first-order valence-electron chi connectivity index (χ1n) is 4.92. The Balaban J connectivity index is 2.46. The number of aryl methyl sites for hydroxylation is 2. The number of rotatable bonds is 3. The molecule has 80 valence electrons. The van der Waals surface area contributed by atoms with E-state index in [4.69, 9.17) is 5.73 Å². The molecule has 0 aromatic carbocycles. The third-order valence-electron chi connectivity index (χ3n) is 2.31. The van der Waals surface area contributed by atoms with Crippen molar-refractivity contribution in [2.45, 2.75) is 19.9 Å². The molecule has 0 unspecified atom stereocenters. The highest BCUT2D eigenvalue weighted by Gasteiger charge is 2.12. The van der Waals surface area contributed by atoms with Crippen molar-refractivity contribution in [2.75, 3.05) is 0 Å². The van der Waals surface area contributed by atoms with Crippen molar-refractivity contribution in [1.29, 1.82) is 0 Å². The van der Waals surface area contributed by atoms with Gasteiger partial charge in [-0.15, -0.1) is 11.3 Å². The molecule has 0 aliphatic heterocycles. The van der Waals surface area contributed by atoms with Gasteiger partial charge in [0.25, 0.3) is 0 Å². The van der Waals surface area contributed by atoms with Crippen molar-refractivity contribution >= 4 is 11.3 Å². The average molecular weight is 222 g/mol. The molecule has 0 atom stereocenters. The molecule has 0 spiro atoms. The molecule has 2 N–H and O–H groups in total. The van der Waals surface area contributed by atoms with Gasteiger partial charge >= 0.3 is 0 Å². The predicted molar refractivity (Wildman–Crippen MR) is 61.6 cm³/mol. The standard InChI is InChI=1S/C10H14N4S/c1-3-7-8(6-11)15-10(13-7)9-12-4-5-14(9)2/h4-5H,3,6,11H2,1-2H3. The van der Waals surface area contributed by atoms with Crippen LogP contribution < -0.4 is 5.73 Å². The van der Waals surface area contributed by atoms with Gasteiger partial charge in [0, 0.05) is 30.9 Å². The van der Waals surface area contributed by atoms with Crippen LogP contribution in [0.2, 0.25) is 0 Å². The van der Waals surface area contributed by atoms with Crippen LogP contribution in [0.3, 0.4) is 0 Å². The summed E-state index contributed by atoms with van der Waals surface area (Å²) in [5.74, 6) is 0.911. The molecule has 2 heterocycles. The van der Waals surface area contributed by atoms with Crippen LogP contribution in [0, 0.1) is 0 Å². The van der Waals surface area contributed by atoms with Gasteiger partial charge < -0.3 is 10.3 Å². The van der Waals surface area contributed by atoms with Gasteiger partial charge in [-0.05, 0) is 6.42 Å². The molecule has 0 saturated heterocycles. The number of nitrogens with two attached hydrogens (primary N) is 1. The Kier molecular flexibility index (Phi) is 2.83. The number of nitrogens with zero attached hydrogens (tertiary/aromatic N) is 3. The van der Waals surface area contributed by atoms with Crippen molar-refractivity contribution in [1.82, 2.24) is 14.5 Å². The van der Waals surface area contributed by atoms with Crippen LogP contribution in [0.5, 0.6) is 0 Å². The summed E-state index contributed by atoms with van der Waals surface area (Å²) in [4.78, 5) is 10.00. The van der Waals surface area contributed by atoms with E-state index in [-0.39, 0.29) is 0 Å². The summed E-state index contributed by atoms with van der Waals surface area (Å²) < 4.78 is 1.97. The van der Waals surface area contributed by atoms with Crippen LogP contribution in [-0.2, 0) is 20.0 Å². The summed E-state index contributed by atoms with van der Waals surface area (Å²) in [6, 6.07) is 0. The number of thiazole rings is 1. The van der Waals surface area contributed by atoms with Crippen LogP contribution in [0.4, 0.5) is 0 Å². The van der Waals surface area contributed by atoms with Crippen molar-refractivity contribution in [2.24, 2.45) is 12.8 Å². The van der Waals surface area contributed by atoms with Gasteiger partial charge in [0.15, 0.2) is 10.8 Å². The number of hydrogen-bond acceptors (Lipinski definition) is 4. The molecule has 0 radical (unpaired) electrons. The molecule has 4 nitrogen and oxygen atoms in total. The van der Waals surface area contributed by atoms with Crippen molar-refractivity contribution in [3.8, 4) is 10.8 Å². The fourth-order valence-electron chi connectivity index (χ4n) is 1.49. The van der Waals surface area contributed by atoms with E-state index in [1.807, 2.05) is 17.8 Å². The van der Waals surface area contributed by atoms with E-state index in [0.717, 1.165) is 27.8 Å². The minimum Gasteiger partial charge on any atom is -0.332 e. The Labute approximate surface area is 92.8 Å². The van der Waals surface area contributed by atoms with Gasteiger partial charge in [-0.1, -0.05) is 6.92 Å². The molecule has 2 aromatic heterocycles. The fraction of sp³-hybridized carbons (Fsp3) is 0.400. The Morgan fingerprint density at radius 1 is 1.53 bits per heavy atom. The lowest BCUT2D eigenvalue weighted by molar-refractivity contribution is 0.917. The first-order valence-corrected chi connectivity index (χ1v) is 5.74. The quantitative estimate of drug-likeness (QED) is 0.857. The molecule has 2 aromatic rings. The zero-order valence-corrected chi connectivity index (χ0v) is 9.71. The lowest BCUT2D eigenvalue weighted by Gasteiger charge is -1.94. The van der Waals surface area contributed by atoms with E-state index in [9.17, 15) is 0 Å². The molecular weight excluding hydrogens is 208 g/mol. The first kappa shape index (κ1) is 10.3. The van der Waals surface area contributed by atoms with E-state index in [1.165, 1.54) is 0 Å². The third-order valence-corrected chi connectivity index (χ3v) is 3.43. The van der Waals surface area contributed by atoms with E-state index in [1.54, 1.807) is 17.5 Å². The monoisotopic (exact) mass is 222 g/mol. The molecule has 0 fully saturated rings. The van der Waals surface area contributed by atoms with E-state index < -0.39 is 0 Å². The summed E-state index contributed by atoms with van der Waals surface area (Å²) >= 11 is 1.64. The molecule has 0 aliphatic carbocycles. The van der Waals surface area contributed by atoms with Gasteiger partial charge in [0.05, 0.1) is 5.69 Å². The number of hydrogen-bond donors (Lipinski definition) is 1. The molecule has 0 bridgehead atoms. The van der Waals surface area contributed by atoms with E-state index >= 15 is 0 Å². The Morgan fingerprint density at radius 3 is 2.80 bits per heavy atom. The van der Waals surface area contributed by atoms with E-state index in [0.29, 0.717) is 6.54 Å². The maximum atomic E-state index is 5.67. The second kappa shape index (κ2) is 4.12.